The van der Waals surface area contributed by atoms with Crippen LogP contribution in [-0.4, -0.2) is 11.9 Å². The summed E-state index contributed by atoms with van der Waals surface area (Å²) < 4.78 is 0. The first-order valence-corrected chi connectivity index (χ1v) is 8.36. The molecule has 0 saturated heterocycles. The summed E-state index contributed by atoms with van der Waals surface area (Å²) >= 11 is 0. The summed E-state index contributed by atoms with van der Waals surface area (Å²) in [6, 6.07) is 8.37. The standard InChI is InChI=1S/C18H22N2O/c19-13-5-3-12(4-6-13)18(7-8-18)17(21)20-16-14-10-1-2-11(9-10)15(14)16/h3-6,10-11,14-16H,1-2,7-9,19H2,(H,20,21). The average molecular weight is 282 g/mol. The monoisotopic (exact) mass is 282 g/mol. The number of amides is 1. The minimum absolute atomic E-state index is 0.246. The number of nitrogens with one attached hydrogen (secondary N) is 1. The average Bonchev–Trinajstić information content (AvgIpc) is 3.35. The Morgan fingerprint density at radius 3 is 2.29 bits per heavy atom. The van der Waals surface area contributed by atoms with E-state index in [1.165, 1.54) is 19.3 Å². The summed E-state index contributed by atoms with van der Waals surface area (Å²) in [5, 5.41) is 3.40. The van der Waals surface area contributed by atoms with Crippen molar-refractivity contribution in [1.29, 1.82) is 0 Å². The number of fused-ring (bicyclic) bond motifs is 5. The van der Waals surface area contributed by atoms with Crippen molar-refractivity contribution in [2.24, 2.45) is 23.7 Å². The Balaban J connectivity index is 1.32. The first kappa shape index (κ1) is 12.1. The maximum absolute atomic E-state index is 12.8. The van der Waals surface area contributed by atoms with Crippen molar-refractivity contribution in [3.63, 3.8) is 0 Å². The smallest absolute Gasteiger partial charge is 0.230 e. The van der Waals surface area contributed by atoms with E-state index in [0.717, 1.165) is 47.8 Å². The van der Waals surface area contributed by atoms with E-state index in [0.29, 0.717) is 6.04 Å². The van der Waals surface area contributed by atoms with Gasteiger partial charge in [0.05, 0.1) is 5.41 Å². The van der Waals surface area contributed by atoms with Crippen LogP contribution in [-0.2, 0) is 10.2 Å². The molecule has 110 valence electrons. The molecule has 0 aromatic heterocycles. The number of hydrogen-bond acceptors (Lipinski definition) is 2. The highest BCUT2D eigenvalue weighted by molar-refractivity contribution is 5.91. The maximum atomic E-state index is 12.8. The molecule has 3 heteroatoms. The zero-order chi connectivity index (χ0) is 14.2. The fourth-order valence-corrected chi connectivity index (χ4v) is 5.38. The lowest BCUT2D eigenvalue weighted by molar-refractivity contribution is -0.123. The zero-order valence-electron chi connectivity index (χ0n) is 12.2. The third kappa shape index (κ3) is 1.58. The number of carbonyl (C=O) groups excluding carboxylic acids is 1. The lowest BCUT2D eigenvalue weighted by atomic mass is 9.94. The van der Waals surface area contributed by atoms with Gasteiger partial charge in [-0.05, 0) is 73.5 Å². The lowest BCUT2D eigenvalue weighted by Crippen LogP contribution is -2.38. The van der Waals surface area contributed by atoms with E-state index in [-0.39, 0.29) is 11.3 Å². The molecule has 0 radical (unpaired) electrons. The number of hydrogen-bond donors (Lipinski definition) is 2. The summed E-state index contributed by atoms with van der Waals surface area (Å²) in [7, 11) is 0. The molecule has 4 atom stereocenters. The number of anilines is 1. The van der Waals surface area contributed by atoms with Crippen molar-refractivity contribution in [3.05, 3.63) is 29.8 Å². The molecule has 4 aliphatic carbocycles. The van der Waals surface area contributed by atoms with Gasteiger partial charge in [-0.1, -0.05) is 12.1 Å². The first-order chi connectivity index (χ1) is 10.2. The Kier molecular flexibility index (Phi) is 2.20. The molecule has 0 aliphatic heterocycles. The van der Waals surface area contributed by atoms with E-state index in [1.54, 1.807) is 0 Å². The molecule has 1 aromatic rings. The van der Waals surface area contributed by atoms with Gasteiger partial charge in [-0.3, -0.25) is 4.79 Å². The predicted octanol–water partition coefficient (Wildman–Crippen LogP) is 2.46. The molecule has 1 amide bonds. The van der Waals surface area contributed by atoms with Gasteiger partial charge in [0.25, 0.3) is 0 Å². The molecule has 0 heterocycles. The molecule has 4 aliphatic rings. The van der Waals surface area contributed by atoms with E-state index >= 15 is 0 Å². The van der Waals surface area contributed by atoms with Crippen LogP contribution in [0.15, 0.2) is 24.3 Å². The van der Waals surface area contributed by atoms with Crippen molar-refractivity contribution in [1.82, 2.24) is 5.32 Å². The third-order valence-electron chi connectivity index (χ3n) is 6.68. The second-order valence-corrected chi connectivity index (χ2v) is 7.69. The van der Waals surface area contributed by atoms with E-state index in [1.807, 2.05) is 24.3 Å². The topological polar surface area (TPSA) is 55.1 Å². The Labute approximate surface area is 125 Å². The quantitative estimate of drug-likeness (QED) is 0.837. The van der Waals surface area contributed by atoms with Gasteiger partial charge in [0.2, 0.25) is 5.91 Å². The van der Waals surface area contributed by atoms with Gasteiger partial charge in [0.15, 0.2) is 0 Å². The van der Waals surface area contributed by atoms with Crippen molar-refractivity contribution in [2.75, 3.05) is 5.73 Å². The van der Waals surface area contributed by atoms with Gasteiger partial charge in [-0.25, -0.2) is 0 Å². The Morgan fingerprint density at radius 2 is 1.71 bits per heavy atom. The minimum Gasteiger partial charge on any atom is -0.399 e. The summed E-state index contributed by atoms with van der Waals surface area (Å²) in [6.45, 7) is 0. The highest BCUT2D eigenvalue weighted by Crippen LogP contribution is 2.66. The van der Waals surface area contributed by atoms with E-state index < -0.39 is 0 Å². The SMILES string of the molecule is Nc1ccc(C2(C(=O)NC3C4C5CCC(C5)C34)CC2)cc1. The minimum atomic E-state index is -0.246. The van der Waals surface area contributed by atoms with Crippen LogP contribution in [0.3, 0.4) is 0 Å². The fraction of sp³-hybridized carbons (Fsp3) is 0.611. The second kappa shape index (κ2) is 3.82. The molecule has 0 spiro atoms. The number of benzene rings is 1. The van der Waals surface area contributed by atoms with Crippen LogP contribution in [0.25, 0.3) is 0 Å². The van der Waals surface area contributed by atoms with Crippen molar-refractivity contribution < 1.29 is 4.79 Å². The maximum Gasteiger partial charge on any atom is 0.230 e. The Hall–Kier alpha value is -1.51. The molecule has 3 nitrogen and oxygen atoms in total. The molecule has 1 aromatic carbocycles. The molecule has 4 unspecified atom stereocenters. The van der Waals surface area contributed by atoms with Crippen LogP contribution < -0.4 is 11.1 Å². The van der Waals surface area contributed by atoms with Gasteiger partial charge in [0.1, 0.15) is 0 Å². The zero-order valence-corrected chi connectivity index (χ0v) is 12.2. The van der Waals surface area contributed by atoms with Crippen LogP contribution in [0.4, 0.5) is 5.69 Å². The van der Waals surface area contributed by atoms with E-state index in [4.69, 9.17) is 5.73 Å². The number of nitrogen functional groups attached to an aromatic ring is 1. The van der Waals surface area contributed by atoms with Crippen molar-refractivity contribution in [2.45, 2.75) is 43.6 Å². The van der Waals surface area contributed by atoms with Crippen molar-refractivity contribution in [3.8, 4) is 0 Å². The van der Waals surface area contributed by atoms with Crippen LogP contribution in [0.1, 0.15) is 37.7 Å². The molecular weight excluding hydrogens is 260 g/mol. The summed E-state index contributed by atoms with van der Waals surface area (Å²) in [5.74, 6) is 3.73. The molecule has 2 bridgehead atoms. The highest BCUT2D eigenvalue weighted by atomic mass is 16.2. The molecule has 3 N–H and O–H groups in total. The molecular formula is C18H22N2O. The number of nitrogens with two attached hydrogens (primary N) is 1. The first-order valence-electron chi connectivity index (χ1n) is 8.36. The van der Waals surface area contributed by atoms with Gasteiger partial charge in [-0.15, -0.1) is 0 Å². The second-order valence-electron chi connectivity index (χ2n) is 7.69. The van der Waals surface area contributed by atoms with Crippen LogP contribution >= 0.6 is 0 Å². The Morgan fingerprint density at radius 1 is 1.10 bits per heavy atom. The van der Waals surface area contributed by atoms with Crippen LogP contribution in [0, 0.1) is 23.7 Å². The van der Waals surface area contributed by atoms with Gasteiger partial charge >= 0.3 is 0 Å². The lowest BCUT2D eigenvalue weighted by Gasteiger charge is -2.18. The third-order valence-corrected chi connectivity index (χ3v) is 6.68. The molecule has 21 heavy (non-hydrogen) atoms. The van der Waals surface area contributed by atoms with Gasteiger partial charge < -0.3 is 11.1 Å². The fourth-order valence-electron chi connectivity index (χ4n) is 5.38. The summed E-state index contributed by atoms with van der Waals surface area (Å²) in [5.41, 5.74) is 7.42. The summed E-state index contributed by atoms with van der Waals surface area (Å²) in [4.78, 5) is 12.8. The van der Waals surface area contributed by atoms with Gasteiger partial charge in [-0.2, -0.15) is 0 Å². The molecule has 4 fully saturated rings. The number of carbonyl (C=O) groups is 1. The normalized spacial score (nSPS) is 40.7. The van der Waals surface area contributed by atoms with Crippen LogP contribution in [0.2, 0.25) is 0 Å². The summed E-state index contributed by atoms with van der Waals surface area (Å²) in [6.07, 6.45) is 6.21. The predicted molar refractivity (Wildman–Crippen MR) is 81.5 cm³/mol. The van der Waals surface area contributed by atoms with E-state index in [2.05, 4.69) is 5.32 Å². The Bertz CT molecular complexity index is 588. The largest absolute Gasteiger partial charge is 0.399 e. The highest BCUT2D eigenvalue weighted by Gasteiger charge is 2.66. The number of rotatable bonds is 3. The van der Waals surface area contributed by atoms with E-state index in [9.17, 15) is 4.79 Å². The van der Waals surface area contributed by atoms with Crippen LogP contribution in [0.5, 0.6) is 0 Å². The molecule has 4 saturated carbocycles. The van der Waals surface area contributed by atoms with Gasteiger partial charge in [0, 0.05) is 11.7 Å². The van der Waals surface area contributed by atoms with Crippen molar-refractivity contribution >= 4 is 11.6 Å². The molecule has 5 rings (SSSR count).